The van der Waals surface area contributed by atoms with Gasteiger partial charge in [0, 0.05) is 6.07 Å². The van der Waals surface area contributed by atoms with Crippen LogP contribution in [0.25, 0.3) is 0 Å². The largest absolute Gasteiger partial charge is 0.508 e. The monoisotopic (exact) mass is 254 g/mol. The molecular formula is C10H10N2O6. The molecule has 0 spiro atoms. The van der Waals surface area contributed by atoms with Gasteiger partial charge in [-0.05, 0) is 12.1 Å². The number of rotatable bonds is 4. The van der Waals surface area contributed by atoms with E-state index in [9.17, 15) is 24.8 Å². The summed E-state index contributed by atoms with van der Waals surface area (Å²) < 4.78 is 4.30. The number of nitro groups is 1. The molecular weight excluding hydrogens is 244 g/mol. The molecule has 0 saturated carbocycles. The molecule has 0 fully saturated rings. The van der Waals surface area contributed by atoms with Crippen molar-refractivity contribution in [1.82, 2.24) is 5.32 Å². The Kier molecular flexibility index (Phi) is 4.19. The minimum Gasteiger partial charge on any atom is -0.508 e. The van der Waals surface area contributed by atoms with Crippen LogP contribution in [-0.4, -0.2) is 35.6 Å². The summed E-state index contributed by atoms with van der Waals surface area (Å²) in [6, 6.07) is 3.04. The third kappa shape index (κ3) is 3.17. The summed E-state index contributed by atoms with van der Waals surface area (Å²) >= 11 is 0. The minimum absolute atomic E-state index is 0.288. The first-order chi connectivity index (χ1) is 8.45. The Bertz CT molecular complexity index is 499. The van der Waals surface area contributed by atoms with Crippen LogP contribution in [0.3, 0.4) is 0 Å². The quantitative estimate of drug-likeness (QED) is 0.450. The number of hydrogen-bond donors (Lipinski definition) is 2. The molecule has 0 aliphatic rings. The summed E-state index contributed by atoms with van der Waals surface area (Å²) in [6.45, 7) is -0.415. The van der Waals surface area contributed by atoms with Crippen LogP contribution in [0.4, 0.5) is 5.69 Å². The van der Waals surface area contributed by atoms with Gasteiger partial charge in [-0.1, -0.05) is 0 Å². The van der Waals surface area contributed by atoms with Crippen molar-refractivity contribution in [3.8, 4) is 5.75 Å². The lowest BCUT2D eigenvalue weighted by Gasteiger charge is -2.05. The number of nitrogens with one attached hydrogen (secondary N) is 1. The number of phenolic OH excluding ortho intramolecular Hbond substituents is 1. The molecule has 8 nitrogen and oxygen atoms in total. The Morgan fingerprint density at radius 1 is 1.50 bits per heavy atom. The molecule has 1 aromatic carbocycles. The van der Waals surface area contributed by atoms with Gasteiger partial charge in [-0.25, -0.2) is 0 Å². The van der Waals surface area contributed by atoms with Gasteiger partial charge in [-0.3, -0.25) is 19.7 Å². The molecule has 0 aliphatic carbocycles. The van der Waals surface area contributed by atoms with Crippen LogP contribution in [0.15, 0.2) is 18.2 Å². The van der Waals surface area contributed by atoms with E-state index >= 15 is 0 Å². The molecule has 1 amide bonds. The fourth-order valence-corrected chi connectivity index (χ4v) is 1.18. The van der Waals surface area contributed by atoms with Gasteiger partial charge >= 0.3 is 5.97 Å². The SMILES string of the molecule is COC(=O)CNC(=O)c1cc(O)ccc1[N+](=O)[O-]. The highest BCUT2D eigenvalue weighted by molar-refractivity contribution is 5.99. The summed E-state index contributed by atoms with van der Waals surface area (Å²) in [4.78, 5) is 32.3. The lowest BCUT2D eigenvalue weighted by Crippen LogP contribution is -2.30. The zero-order valence-corrected chi connectivity index (χ0v) is 9.37. The lowest BCUT2D eigenvalue weighted by atomic mass is 10.1. The molecule has 0 heterocycles. The van der Waals surface area contributed by atoms with E-state index in [0.29, 0.717) is 0 Å². The highest BCUT2D eigenvalue weighted by atomic mass is 16.6. The Balaban J connectivity index is 2.93. The van der Waals surface area contributed by atoms with Crippen molar-refractivity contribution in [2.75, 3.05) is 13.7 Å². The van der Waals surface area contributed by atoms with Crippen LogP contribution >= 0.6 is 0 Å². The van der Waals surface area contributed by atoms with E-state index < -0.39 is 29.0 Å². The number of amides is 1. The number of phenols is 1. The van der Waals surface area contributed by atoms with Crippen molar-refractivity contribution in [3.63, 3.8) is 0 Å². The second kappa shape index (κ2) is 5.62. The molecule has 0 saturated heterocycles. The Morgan fingerprint density at radius 2 is 2.17 bits per heavy atom. The van der Waals surface area contributed by atoms with Crippen molar-refractivity contribution in [3.05, 3.63) is 33.9 Å². The third-order valence-electron chi connectivity index (χ3n) is 2.04. The Morgan fingerprint density at radius 3 is 2.72 bits per heavy atom. The highest BCUT2D eigenvalue weighted by Gasteiger charge is 2.21. The normalized spacial score (nSPS) is 9.61. The molecule has 1 aromatic rings. The molecule has 0 aliphatic heterocycles. The van der Waals surface area contributed by atoms with Gasteiger partial charge in [0.1, 0.15) is 17.9 Å². The van der Waals surface area contributed by atoms with Gasteiger partial charge in [0.25, 0.3) is 11.6 Å². The second-order valence-corrected chi connectivity index (χ2v) is 3.22. The predicted octanol–water partition coefficient (Wildman–Crippen LogP) is 0.203. The molecule has 0 radical (unpaired) electrons. The maximum absolute atomic E-state index is 11.6. The molecule has 0 aromatic heterocycles. The van der Waals surface area contributed by atoms with Gasteiger partial charge in [0.05, 0.1) is 12.0 Å². The number of esters is 1. The van der Waals surface area contributed by atoms with Gasteiger partial charge < -0.3 is 15.2 Å². The summed E-state index contributed by atoms with van der Waals surface area (Å²) in [7, 11) is 1.14. The van der Waals surface area contributed by atoms with Gasteiger partial charge in [-0.2, -0.15) is 0 Å². The highest BCUT2D eigenvalue weighted by Crippen LogP contribution is 2.22. The van der Waals surface area contributed by atoms with Crippen molar-refractivity contribution in [1.29, 1.82) is 0 Å². The van der Waals surface area contributed by atoms with E-state index in [1.165, 1.54) is 0 Å². The van der Waals surface area contributed by atoms with Crippen LogP contribution in [-0.2, 0) is 9.53 Å². The van der Waals surface area contributed by atoms with Crippen molar-refractivity contribution >= 4 is 17.6 Å². The van der Waals surface area contributed by atoms with Crippen LogP contribution in [0.1, 0.15) is 10.4 Å². The maximum Gasteiger partial charge on any atom is 0.325 e. The summed E-state index contributed by atoms with van der Waals surface area (Å²) in [5.74, 6) is -1.82. The smallest absolute Gasteiger partial charge is 0.325 e. The molecule has 2 N–H and O–H groups in total. The molecule has 8 heteroatoms. The molecule has 0 unspecified atom stereocenters. The van der Waals surface area contributed by atoms with E-state index in [-0.39, 0.29) is 11.3 Å². The van der Waals surface area contributed by atoms with Crippen LogP contribution in [0.5, 0.6) is 5.75 Å². The predicted molar refractivity (Wildman–Crippen MR) is 59.1 cm³/mol. The lowest BCUT2D eigenvalue weighted by molar-refractivity contribution is -0.385. The Hall–Kier alpha value is -2.64. The van der Waals surface area contributed by atoms with E-state index in [1.54, 1.807) is 0 Å². The number of nitrogens with zero attached hydrogens (tertiary/aromatic N) is 1. The minimum atomic E-state index is -0.844. The van der Waals surface area contributed by atoms with Gasteiger partial charge in [0.15, 0.2) is 0 Å². The average Bonchev–Trinajstić information content (AvgIpc) is 2.34. The molecule has 18 heavy (non-hydrogen) atoms. The van der Waals surface area contributed by atoms with Gasteiger partial charge in [-0.15, -0.1) is 0 Å². The average molecular weight is 254 g/mol. The zero-order valence-electron chi connectivity index (χ0n) is 9.37. The van der Waals surface area contributed by atoms with Crippen molar-refractivity contribution in [2.24, 2.45) is 0 Å². The number of ether oxygens (including phenoxy) is 1. The molecule has 0 atom stereocenters. The number of benzene rings is 1. The number of methoxy groups -OCH3 is 1. The standard InChI is InChI=1S/C10H10N2O6/c1-18-9(14)5-11-10(15)7-4-6(13)2-3-8(7)12(16)17/h2-4,13H,5H2,1H3,(H,11,15). The molecule has 0 bridgehead atoms. The van der Waals surface area contributed by atoms with Crippen molar-refractivity contribution in [2.45, 2.75) is 0 Å². The van der Waals surface area contributed by atoms with Gasteiger partial charge in [0.2, 0.25) is 0 Å². The first-order valence-electron chi connectivity index (χ1n) is 4.78. The first kappa shape index (κ1) is 13.4. The van der Waals surface area contributed by atoms with Crippen LogP contribution < -0.4 is 5.32 Å². The van der Waals surface area contributed by atoms with Crippen LogP contribution in [0, 0.1) is 10.1 Å². The van der Waals surface area contributed by atoms with E-state index in [1.807, 2.05) is 0 Å². The maximum atomic E-state index is 11.6. The number of hydrogen-bond acceptors (Lipinski definition) is 6. The fourth-order valence-electron chi connectivity index (χ4n) is 1.18. The van der Waals surface area contributed by atoms with E-state index in [4.69, 9.17) is 0 Å². The molecule has 96 valence electrons. The van der Waals surface area contributed by atoms with Crippen molar-refractivity contribution < 1.29 is 24.4 Å². The van der Waals surface area contributed by atoms with E-state index in [0.717, 1.165) is 25.3 Å². The second-order valence-electron chi connectivity index (χ2n) is 3.22. The van der Waals surface area contributed by atoms with Crippen LogP contribution in [0.2, 0.25) is 0 Å². The zero-order chi connectivity index (χ0) is 13.7. The number of carbonyl (C=O) groups excluding carboxylic acids is 2. The Labute approximate surface area is 101 Å². The summed E-state index contributed by atoms with van der Waals surface area (Å²) in [5, 5.41) is 22.0. The number of nitro benzene ring substituents is 1. The summed E-state index contributed by atoms with van der Waals surface area (Å²) in [5.41, 5.74) is -0.793. The third-order valence-corrected chi connectivity index (χ3v) is 2.04. The number of aromatic hydroxyl groups is 1. The topological polar surface area (TPSA) is 119 Å². The molecule has 1 rings (SSSR count). The fraction of sp³-hybridized carbons (Fsp3) is 0.200. The first-order valence-corrected chi connectivity index (χ1v) is 4.78. The van der Waals surface area contributed by atoms with E-state index in [2.05, 4.69) is 10.1 Å². The summed E-state index contributed by atoms with van der Waals surface area (Å²) in [6.07, 6.45) is 0. The number of carbonyl (C=O) groups is 2.